The molecule has 0 spiro atoms. The maximum atomic E-state index is 11.2. The normalized spacial score (nSPS) is 27.2. The highest BCUT2D eigenvalue weighted by molar-refractivity contribution is 7.92. The second kappa shape index (κ2) is 3.65. The van der Waals surface area contributed by atoms with Crippen LogP contribution in [0.1, 0.15) is 12.8 Å². The molecule has 1 rings (SSSR count). The van der Waals surface area contributed by atoms with Crippen LogP contribution in [-0.2, 0) is 14.6 Å². The molecule has 1 heterocycles. The van der Waals surface area contributed by atoms with Gasteiger partial charge in [0.05, 0.1) is 11.0 Å². The van der Waals surface area contributed by atoms with Crippen LogP contribution in [0.2, 0.25) is 0 Å². The predicted molar refractivity (Wildman–Crippen MR) is 44.1 cm³/mol. The van der Waals surface area contributed by atoms with Crippen LogP contribution < -0.4 is 0 Å². The third-order valence-corrected chi connectivity index (χ3v) is 3.98. The highest BCUT2D eigenvalue weighted by Gasteiger charge is 2.28. The van der Waals surface area contributed by atoms with Crippen LogP contribution in [0.15, 0.2) is 17.3 Å². The van der Waals surface area contributed by atoms with Crippen LogP contribution >= 0.6 is 0 Å². The van der Waals surface area contributed by atoms with E-state index in [0.717, 1.165) is 0 Å². The van der Waals surface area contributed by atoms with Crippen LogP contribution in [0.3, 0.4) is 0 Å². The Bertz CT molecular complexity index is 325. The number of isocyanates is 1. The van der Waals surface area contributed by atoms with Crippen LogP contribution in [-0.4, -0.2) is 25.5 Å². The lowest BCUT2D eigenvalue weighted by Gasteiger charge is -1.99. The van der Waals surface area contributed by atoms with Crippen molar-refractivity contribution in [3.05, 3.63) is 12.3 Å². The monoisotopic (exact) mass is 187 g/mol. The van der Waals surface area contributed by atoms with Gasteiger partial charge in [-0.2, -0.15) is 4.99 Å². The van der Waals surface area contributed by atoms with Crippen molar-refractivity contribution in [1.82, 2.24) is 0 Å². The van der Waals surface area contributed by atoms with Gasteiger partial charge in [-0.25, -0.2) is 13.2 Å². The second-order valence-electron chi connectivity index (χ2n) is 2.61. The lowest BCUT2D eigenvalue weighted by Crippen LogP contribution is -2.12. The zero-order valence-corrected chi connectivity index (χ0v) is 7.25. The molecule has 0 aromatic carbocycles. The summed E-state index contributed by atoms with van der Waals surface area (Å²) in [6, 6.07) is 0. The summed E-state index contributed by atoms with van der Waals surface area (Å²) in [7, 11) is -2.94. The third kappa shape index (κ3) is 2.03. The molecule has 4 nitrogen and oxygen atoms in total. The molecule has 1 atom stereocenters. The molecule has 0 saturated carbocycles. The Labute approximate surface area is 70.9 Å². The van der Waals surface area contributed by atoms with Gasteiger partial charge >= 0.3 is 0 Å². The molecular formula is C7H9NO3S. The molecule has 0 radical (unpaired) electrons. The smallest absolute Gasteiger partial charge is 0.228 e. The third-order valence-electron chi connectivity index (χ3n) is 1.81. The van der Waals surface area contributed by atoms with E-state index < -0.39 is 15.1 Å². The fourth-order valence-electron chi connectivity index (χ4n) is 1.20. The van der Waals surface area contributed by atoms with Crippen molar-refractivity contribution in [2.75, 3.05) is 5.75 Å². The molecule has 0 bridgehead atoms. The quantitative estimate of drug-likeness (QED) is 0.464. The number of carbonyl (C=O) groups excluding carboxylic acids is 1. The minimum atomic E-state index is -2.94. The lowest BCUT2D eigenvalue weighted by molar-refractivity contribution is 0.565. The molecule has 0 aliphatic carbocycles. The Morgan fingerprint density at radius 1 is 1.50 bits per heavy atom. The first-order valence-corrected chi connectivity index (χ1v) is 5.33. The van der Waals surface area contributed by atoms with Crippen molar-refractivity contribution in [2.24, 2.45) is 4.99 Å². The number of rotatable bonds is 2. The summed E-state index contributed by atoms with van der Waals surface area (Å²) in [4.78, 5) is 12.8. The summed E-state index contributed by atoms with van der Waals surface area (Å²) in [6.07, 6.45) is 5.27. The lowest BCUT2D eigenvalue weighted by atomic mass is 10.2. The van der Waals surface area contributed by atoms with E-state index >= 15 is 0 Å². The van der Waals surface area contributed by atoms with E-state index in [2.05, 4.69) is 4.99 Å². The Morgan fingerprint density at radius 2 is 2.25 bits per heavy atom. The van der Waals surface area contributed by atoms with Crippen LogP contribution in [0.5, 0.6) is 0 Å². The van der Waals surface area contributed by atoms with Crippen LogP contribution in [0.25, 0.3) is 0 Å². The van der Waals surface area contributed by atoms with E-state index in [-0.39, 0.29) is 5.75 Å². The molecular weight excluding hydrogens is 178 g/mol. The summed E-state index contributed by atoms with van der Waals surface area (Å²) in [5.74, 6) is 0.243. The van der Waals surface area contributed by atoms with Crippen molar-refractivity contribution in [1.29, 1.82) is 0 Å². The van der Waals surface area contributed by atoms with Gasteiger partial charge in [-0.1, -0.05) is 0 Å². The molecule has 5 heteroatoms. The molecule has 1 aliphatic heterocycles. The van der Waals surface area contributed by atoms with Gasteiger partial charge in [-0.15, -0.1) is 0 Å². The molecule has 1 fully saturated rings. The van der Waals surface area contributed by atoms with E-state index in [1.807, 2.05) is 0 Å². The highest BCUT2D eigenvalue weighted by Crippen LogP contribution is 2.20. The molecule has 1 aliphatic rings. The number of hydrogen-bond donors (Lipinski definition) is 0. The van der Waals surface area contributed by atoms with Gasteiger partial charge in [0.15, 0.2) is 9.84 Å². The first kappa shape index (κ1) is 9.16. The zero-order valence-electron chi connectivity index (χ0n) is 6.43. The van der Waals surface area contributed by atoms with Gasteiger partial charge in [0.25, 0.3) is 0 Å². The van der Waals surface area contributed by atoms with Gasteiger partial charge in [-0.3, -0.25) is 0 Å². The van der Waals surface area contributed by atoms with Crippen LogP contribution in [0.4, 0.5) is 0 Å². The first-order valence-electron chi connectivity index (χ1n) is 3.62. The number of hydrogen-bond acceptors (Lipinski definition) is 4. The number of aliphatic imine (C=N–C) groups is 1. The number of nitrogens with zero attached hydrogens (tertiary/aromatic N) is 1. The van der Waals surface area contributed by atoms with E-state index in [1.165, 1.54) is 18.4 Å². The fourth-order valence-corrected chi connectivity index (χ4v) is 2.91. The maximum Gasteiger partial charge on any atom is 0.239 e. The van der Waals surface area contributed by atoms with Crippen molar-refractivity contribution in [3.63, 3.8) is 0 Å². The van der Waals surface area contributed by atoms with E-state index in [4.69, 9.17) is 0 Å². The molecule has 0 N–H and O–H groups in total. The average Bonchev–Trinajstić information content (AvgIpc) is 2.32. The zero-order chi connectivity index (χ0) is 9.03. The summed E-state index contributed by atoms with van der Waals surface area (Å²) >= 11 is 0. The van der Waals surface area contributed by atoms with Gasteiger partial charge in [0, 0.05) is 6.20 Å². The standard InChI is InChI=1S/C7H9NO3S/c9-6-8-4-3-7-2-1-5-12(7,10)11/h3-4,7H,1-2,5H2/b4-3-. The molecule has 0 amide bonds. The predicted octanol–water partition coefficient (Wildman–Crippen LogP) is 0.413. The van der Waals surface area contributed by atoms with Crippen molar-refractivity contribution in [2.45, 2.75) is 18.1 Å². The summed E-state index contributed by atoms with van der Waals surface area (Å²) < 4.78 is 22.3. The van der Waals surface area contributed by atoms with E-state index in [1.54, 1.807) is 0 Å². The average molecular weight is 187 g/mol. The second-order valence-corrected chi connectivity index (χ2v) is 4.95. The van der Waals surface area contributed by atoms with Crippen molar-refractivity contribution >= 4 is 15.9 Å². The summed E-state index contributed by atoms with van der Waals surface area (Å²) in [6.45, 7) is 0. The van der Waals surface area contributed by atoms with Crippen molar-refractivity contribution < 1.29 is 13.2 Å². The van der Waals surface area contributed by atoms with Crippen LogP contribution in [0, 0.1) is 0 Å². The number of sulfone groups is 1. The molecule has 0 aromatic heterocycles. The first-order chi connectivity index (χ1) is 5.67. The largest absolute Gasteiger partial charge is 0.239 e. The van der Waals surface area contributed by atoms with E-state index in [0.29, 0.717) is 12.8 Å². The van der Waals surface area contributed by atoms with Gasteiger partial charge in [0.1, 0.15) is 0 Å². The van der Waals surface area contributed by atoms with Gasteiger partial charge < -0.3 is 0 Å². The summed E-state index contributed by atoms with van der Waals surface area (Å²) in [5.41, 5.74) is 0. The summed E-state index contributed by atoms with van der Waals surface area (Å²) in [5, 5.41) is -0.449. The molecule has 1 unspecified atom stereocenters. The minimum absolute atomic E-state index is 0.243. The Balaban J connectivity index is 2.71. The Kier molecular flexibility index (Phi) is 2.78. The molecule has 0 aromatic rings. The maximum absolute atomic E-state index is 11.2. The highest BCUT2D eigenvalue weighted by atomic mass is 32.2. The Hall–Kier alpha value is -0.930. The minimum Gasteiger partial charge on any atom is -0.228 e. The Morgan fingerprint density at radius 3 is 2.75 bits per heavy atom. The topological polar surface area (TPSA) is 63.6 Å². The SMILES string of the molecule is O=C=N/C=C\C1CCCS1(=O)=O. The van der Waals surface area contributed by atoms with Gasteiger partial charge in [-0.05, 0) is 18.9 Å². The van der Waals surface area contributed by atoms with Gasteiger partial charge in [0.2, 0.25) is 6.08 Å². The fraction of sp³-hybridized carbons (Fsp3) is 0.571. The van der Waals surface area contributed by atoms with Crippen molar-refractivity contribution in [3.8, 4) is 0 Å². The molecule has 1 saturated heterocycles. The van der Waals surface area contributed by atoms with E-state index in [9.17, 15) is 13.2 Å². The molecule has 12 heavy (non-hydrogen) atoms. The molecule has 66 valence electrons.